The van der Waals surface area contributed by atoms with E-state index in [2.05, 4.69) is 22.6 Å². The van der Waals surface area contributed by atoms with Crippen LogP contribution >= 0.6 is 12.6 Å². The molecular weight excluding hydrogens is 180 g/mol. The Morgan fingerprint density at radius 2 is 2.15 bits per heavy atom. The van der Waals surface area contributed by atoms with Gasteiger partial charge in [-0.1, -0.05) is 12.1 Å². The van der Waals surface area contributed by atoms with E-state index in [-0.39, 0.29) is 0 Å². The van der Waals surface area contributed by atoms with Gasteiger partial charge < -0.3 is 4.98 Å². The number of hydrogen-bond donors (Lipinski definition) is 2. The molecular formula is C10H12N2S. The first kappa shape index (κ1) is 8.63. The summed E-state index contributed by atoms with van der Waals surface area (Å²) in [4.78, 5) is 7.75. The lowest BCUT2D eigenvalue weighted by Gasteiger charge is -1.90. The van der Waals surface area contributed by atoms with Gasteiger partial charge in [0.25, 0.3) is 0 Å². The van der Waals surface area contributed by atoms with Crippen molar-refractivity contribution in [3.05, 3.63) is 30.1 Å². The topological polar surface area (TPSA) is 28.7 Å². The Bertz CT molecular complexity index is 361. The molecule has 0 amide bonds. The number of nitrogens with one attached hydrogen (secondary N) is 1. The summed E-state index contributed by atoms with van der Waals surface area (Å²) in [5.74, 6) is 1.98. The van der Waals surface area contributed by atoms with Crippen LogP contribution in [0.3, 0.4) is 0 Å². The monoisotopic (exact) mass is 192 g/mol. The number of fused-ring (bicyclic) bond motifs is 1. The van der Waals surface area contributed by atoms with Gasteiger partial charge in [0, 0.05) is 6.42 Å². The molecule has 0 atom stereocenters. The Morgan fingerprint density at radius 1 is 1.31 bits per heavy atom. The van der Waals surface area contributed by atoms with Gasteiger partial charge in [0.1, 0.15) is 5.82 Å². The Morgan fingerprint density at radius 3 is 2.92 bits per heavy atom. The summed E-state index contributed by atoms with van der Waals surface area (Å²) >= 11 is 4.17. The van der Waals surface area contributed by atoms with Gasteiger partial charge in [0.05, 0.1) is 11.0 Å². The average molecular weight is 192 g/mol. The number of H-pyrrole nitrogens is 1. The molecule has 68 valence electrons. The molecule has 1 aromatic heterocycles. The molecule has 3 heteroatoms. The summed E-state index contributed by atoms with van der Waals surface area (Å²) in [6.07, 6.45) is 2.06. The molecule has 1 heterocycles. The Balaban J connectivity index is 2.28. The molecule has 0 radical (unpaired) electrons. The molecule has 1 aromatic carbocycles. The maximum absolute atomic E-state index is 4.46. The third-order valence-corrected chi connectivity index (χ3v) is 2.33. The van der Waals surface area contributed by atoms with Gasteiger partial charge >= 0.3 is 0 Å². The van der Waals surface area contributed by atoms with Crippen LogP contribution in [-0.4, -0.2) is 15.7 Å². The number of para-hydroxylation sites is 2. The van der Waals surface area contributed by atoms with E-state index in [4.69, 9.17) is 0 Å². The molecule has 1 N–H and O–H groups in total. The fourth-order valence-electron chi connectivity index (χ4n) is 1.37. The molecule has 0 spiro atoms. The zero-order valence-electron chi connectivity index (χ0n) is 7.33. The minimum Gasteiger partial charge on any atom is -0.342 e. The summed E-state index contributed by atoms with van der Waals surface area (Å²) < 4.78 is 0. The quantitative estimate of drug-likeness (QED) is 0.718. The van der Waals surface area contributed by atoms with Gasteiger partial charge in [-0.3, -0.25) is 0 Å². The molecule has 0 saturated heterocycles. The lowest BCUT2D eigenvalue weighted by atomic mass is 10.3. The largest absolute Gasteiger partial charge is 0.342 e. The molecule has 13 heavy (non-hydrogen) atoms. The minimum atomic E-state index is 0.914. The van der Waals surface area contributed by atoms with Crippen molar-refractivity contribution in [1.82, 2.24) is 9.97 Å². The maximum Gasteiger partial charge on any atom is 0.107 e. The van der Waals surface area contributed by atoms with Crippen LogP contribution in [0.2, 0.25) is 0 Å². The Kier molecular flexibility index (Phi) is 2.54. The first-order valence-electron chi connectivity index (χ1n) is 4.44. The van der Waals surface area contributed by atoms with Gasteiger partial charge in [-0.25, -0.2) is 4.98 Å². The molecule has 2 nitrogen and oxygen atoms in total. The van der Waals surface area contributed by atoms with E-state index in [9.17, 15) is 0 Å². The van der Waals surface area contributed by atoms with Gasteiger partial charge in [-0.15, -0.1) is 0 Å². The molecule has 0 saturated carbocycles. The second kappa shape index (κ2) is 3.83. The normalized spacial score (nSPS) is 10.8. The minimum absolute atomic E-state index is 0.914. The van der Waals surface area contributed by atoms with Crippen molar-refractivity contribution in [2.45, 2.75) is 12.8 Å². The highest BCUT2D eigenvalue weighted by Crippen LogP contribution is 2.11. The summed E-state index contributed by atoms with van der Waals surface area (Å²) in [6.45, 7) is 0. The lowest BCUT2D eigenvalue weighted by molar-refractivity contribution is 0.872. The van der Waals surface area contributed by atoms with Gasteiger partial charge in [-0.05, 0) is 24.3 Å². The number of aromatic nitrogens is 2. The average Bonchev–Trinajstić information content (AvgIpc) is 2.57. The second-order valence-electron chi connectivity index (χ2n) is 3.03. The summed E-state index contributed by atoms with van der Waals surface area (Å²) in [5.41, 5.74) is 2.17. The van der Waals surface area contributed by atoms with Crippen LogP contribution in [0.15, 0.2) is 24.3 Å². The predicted octanol–water partition coefficient (Wildman–Crippen LogP) is 2.43. The van der Waals surface area contributed by atoms with Crippen molar-refractivity contribution in [2.24, 2.45) is 0 Å². The van der Waals surface area contributed by atoms with Crippen molar-refractivity contribution < 1.29 is 0 Å². The van der Waals surface area contributed by atoms with Crippen LogP contribution in [0.4, 0.5) is 0 Å². The third kappa shape index (κ3) is 1.86. The van der Waals surface area contributed by atoms with Gasteiger partial charge in [0.2, 0.25) is 0 Å². The standard InChI is InChI=1S/C10H12N2S/c13-7-3-6-10-11-8-4-1-2-5-9(8)12-10/h1-2,4-5,13H,3,6-7H2,(H,11,12). The number of imidazole rings is 1. The first-order valence-corrected chi connectivity index (χ1v) is 5.08. The molecule has 0 aliphatic rings. The molecule has 0 fully saturated rings. The smallest absolute Gasteiger partial charge is 0.107 e. The molecule has 0 unspecified atom stereocenters. The molecule has 2 rings (SSSR count). The van der Waals surface area contributed by atoms with Crippen molar-refractivity contribution in [3.63, 3.8) is 0 Å². The summed E-state index contributed by atoms with van der Waals surface area (Å²) in [7, 11) is 0. The molecule has 0 aliphatic heterocycles. The second-order valence-corrected chi connectivity index (χ2v) is 3.48. The van der Waals surface area contributed by atoms with Crippen LogP contribution in [0, 0.1) is 0 Å². The number of hydrogen-bond acceptors (Lipinski definition) is 2. The zero-order valence-corrected chi connectivity index (χ0v) is 8.22. The van der Waals surface area contributed by atoms with Crippen molar-refractivity contribution in [2.75, 3.05) is 5.75 Å². The molecule has 0 bridgehead atoms. The Labute approximate surface area is 82.8 Å². The van der Waals surface area contributed by atoms with Crippen LogP contribution in [-0.2, 0) is 6.42 Å². The highest BCUT2D eigenvalue weighted by Gasteiger charge is 1.99. The van der Waals surface area contributed by atoms with Crippen LogP contribution in [0.1, 0.15) is 12.2 Å². The summed E-state index contributed by atoms with van der Waals surface area (Å²) in [6, 6.07) is 8.09. The van der Waals surface area contributed by atoms with Gasteiger partial charge in [0.15, 0.2) is 0 Å². The molecule has 0 aliphatic carbocycles. The van der Waals surface area contributed by atoms with Gasteiger partial charge in [-0.2, -0.15) is 12.6 Å². The van der Waals surface area contributed by atoms with E-state index in [0.717, 1.165) is 35.5 Å². The van der Waals surface area contributed by atoms with Crippen LogP contribution < -0.4 is 0 Å². The van der Waals surface area contributed by atoms with Crippen molar-refractivity contribution in [3.8, 4) is 0 Å². The Hall–Kier alpha value is -0.960. The predicted molar refractivity (Wildman–Crippen MR) is 58.3 cm³/mol. The summed E-state index contributed by atoms with van der Waals surface area (Å²) in [5, 5.41) is 0. The van der Waals surface area contributed by atoms with E-state index in [1.165, 1.54) is 0 Å². The van der Waals surface area contributed by atoms with E-state index in [1.807, 2.05) is 24.3 Å². The fourth-order valence-corrected chi connectivity index (χ4v) is 1.53. The highest BCUT2D eigenvalue weighted by atomic mass is 32.1. The highest BCUT2D eigenvalue weighted by molar-refractivity contribution is 7.80. The number of aryl methyl sites for hydroxylation is 1. The van der Waals surface area contributed by atoms with Crippen LogP contribution in [0.5, 0.6) is 0 Å². The lowest BCUT2D eigenvalue weighted by Crippen LogP contribution is -1.87. The zero-order chi connectivity index (χ0) is 9.10. The number of aromatic amines is 1. The van der Waals surface area contributed by atoms with E-state index in [0.29, 0.717) is 0 Å². The first-order chi connectivity index (χ1) is 6.40. The maximum atomic E-state index is 4.46. The van der Waals surface area contributed by atoms with E-state index in [1.54, 1.807) is 0 Å². The molecule has 2 aromatic rings. The number of nitrogens with zero attached hydrogens (tertiary/aromatic N) is 1. The van der Waals surface area contributed by atoms with Crippen molar-refractivity contribution >= 4 is 23.7 Å². The SMILES string of the molecule is SCCCc1nc2ccccc2[nH]1. The number of thiol groups is 1. The fraction of sp³-hybridized carbons (Fsp3) is 0.300. The van der Waals surface area contributed by atoms with Crippen molar-refractivity contribution in [1.29, 1.82) is 0 Å². The van der Waals surface area contributed by atoms with Crippen LogP contribution in [0.25, 0.3) is 11.0 Å². The third-order valence-electron chi connectivity index (χ3n) is 2.01. The number of rotatable bonds is 3. The van der Waals surface area contributed by atoms with E-state index < -0.39 is 0 Å². The number of benzene rings is 1. The van der Waals surface area contributed by atoms with E-state index >= 15 is 0 Å².